The van der Waals surface area contributed by atoms with Gasteiger partial charge in [0.2, 0.25) is 5.91 Å². The monoisotopic (exact) mass is 255 g/mol. The van der Waals surface area contributed by atoms with Crippen molar-refractivity contribution < 1.29 is 13.6 Å². The first-order valence-corrected chi connectivity index (χ1v) is 6.09. The Balaban J connectivity index is 2.93. The minimum atomic E-state index is -0.863. The van der Waals surface area contributed by atoms with Crippen molar-refractivity contribution in [3.8, 4) is 0 Å². The Morgan fingerprint density at radius 2 is 1.94 bits per heavy atom. The number of nitrogens with one attached hydrogen (secondary N) is 1. The lowest BCUT2D eigenvalue weighted by Crippen LogP contribution is -2.21. The topological polar surface area (TPSA) is 29.1 Å². The van der Waals surface area contributed by atoms with Crippen LogP contribution in [0.4, 0.5) is 8.78 Å². The molecule has 2 nitrogen and oxygen atoms in total. The molecule has 100 valence electrons. The normalized spacial score (nSPS) is 12.6. The lowest BCUT2D eigenvalue weighted by Gasteiger charge is -2.19. The van der Waals surface area contributed by atoms with Crippen LogP contribution < -0.4 is 5.32 Å². The summed E-state index contributed by atoms with van der Waals surface area (Å²) in [5.74, 6) is -1.52. The third-order valence-electron chi connectivity index (χ3n) is 2.88. The number of rotatable bonds is 5. The molecule has 0 spiro atoms. The Labute approximate surface area is 106 Å². The molecule has 0 aromatic heterocycles. The number of carbonyl (C=O) groups excluding carboxylic acids is 1. The van der Waals surface area contributed by atoms with Crippen molar-refractivity contribution >= 4 is 5.91 Å². The molecule has 1 atom stereocenters. The van der Waals surface area contributed by atoms with Crippen molar-refractivity contribution in [1.29, 1.82) is 0 Å². The molecule has 1 unspecified atom stereocenters. The minimum absolute atomic E-state index is 0.0833. The Morgan fingerprint density at radius 3 is 2.44 bits per heavy atom. The Morgan fingerprint density at radius 1 is 1.28 bits per heavy atom. The molecule has 0 heterocycles. The van der Waals surface area contributed by atoms with E-state index in [-0.39, 0.29) is 11.8 Å². The van der Waals surface area contributed by atoms with Crippen LogP contribution in [0.3, 0.4) is 0 Å². The van der Waals surface area contributed by atoms with Crippen LogP contribution in [-0.2, 0) is 4.79 Å². The summed E-state index contributed by atoms with van der Waals surface area (Å²) in [4.78, 5) is 11.4. The van der Waals surface area contributed by atoms with Gasteiger partial charge in [0.25, 0.3) is 0 Å². The van der Waals surface area contributed by atoms with Crippen molar-refractivity contribution in [1.82, 2.24) is 5.32 Å². The minimum Gasteiger partial charge on any atom is -0.359 e. The van der Waals surface area contributed by atoms with Gasteiger partial charge in [-0.15, -0.1) is 0 Å². The third kappa shape index (κ3) is 4.09. The van der Waals surface area contributed by atoms with Gasteiger partial charge < -0.3 is 5.32 Å². The lowest BCUT2D eigenvalue weighted by molar-refractivity contribution is -0.121. The van der Waals surface area contributed by atoms with Gasteiger partial charge in [0.05, 0.1) is 0 Å². The van der Waals surface area contributed by atoms with Gasteiger partial charge in [-0.2, -0.15) is 0 Å². The summed E-state index contributed by atoms with van der Waals surface area (Å²) < 4.78 is 26.1. The zero-order valence-electron chi connectivity index (χ0n) is 11.0. The molecule has 0 saturated carbocycles. The summed E-state index contributed by atoms with van der Waals surface area (Å²) in [6.45, 7) is 4.08. The quantitative estimate of drug-likeness (QED) is 0.860. The summed E-state index contributed by atoms with van der Waals surface area (Å²) in [6.07, 6.45) is 1.05. The van der Waals surface area contributed by atoms with Crippen molar-refractivity contribution in [2.75, 3.05) is 7.05 Å². The zero-order chi connectivity index (χ0) is 13.7. The summed E-state index contributed by atoms with van der Waals surface area (Å²) >= 11 is 0. The molecular weight excluding hydrogens is 236 g/mol. The van der Waals surface area contributed by atoms with E-state index in [1.807, 2.05) is 13.8 Å². The molecule has 1 N–H and O–H groups in total. The standard InChI is InChI=1S/C14H19F2NO/c1-9(2)6-11(8-14(18)17-3)10-4-5-12(15)13(16)7-10/h4-5,7,9,11H,6,8H2,1-3H3,(H,17,18). The van der Waals surface area contributed by atoms with E-state index in [2.05, 4.69) is 5.32 Å². The maximum absolute atomic E-state index is 13.2. The van der Waals surface area contributed by atoms with E-state index in [1.54, 1.807) is 13.1 Å². The lowest BCUT2D eigenvalue weighted by atomic mass is 9.87. The first-order chi connectivity index (χ1) is 8.43. The summed E-state index contributed by atoms with van der Waals surface area (Å²) in [7, 11) is 1.57. The summed E-state index contributed by atoms with van der Waals surface area (Å²) in [5.41, 5.74) is 0.672. The van der Waals surface area contributed by atoms with Crippen LogP contribution in [0.25, 0.3) is 0 Å². The fourth-order valence-electron chi connectivity index (χ4n) is 2.00. The fourth-order valence-corrected chi connectivity index (χ4v) is 2.00. The van der Waals surface area contributed by atoms with E-state index < -0.39 is 11.6 Å². The highest BCUT2D eigenvalue weighted by Crippen LogP contribution is 2.28. The van der Waals surface area contributed by atoms with Crippen LogP contribution >= 0.6 is 0 Å². The van der Waals surface area contributed by atoms with Gasteiger partial charge >= 0.3 is 0 Å². The molecule has 0 fully saturated rings. The maximum Gasteiger partial charge on any atom is 0.220 e. The van der Waals surface area contributed by atoms with Crippen LogP contribution in [0.15, 0.2) is 18.2 Å². The van der Waals surface area contributed by atoms with E-state index in [4.69, 9.17) is 0 Å². The number of amides is 1. The number of carbonyl (C=O) groups is 1. The first kappa shape index (κ1) is 14.6. The molecule has 1 amide bonds. The van der Waals surface area contributed by atoms with Gasteiger partial charge in [-0.3, -0.25) is 4.79 Å². The maximum atomic E-state index is 13.2. The Kier molecular flexibility index (Phi) is 5.25. The van der Waals surface area contributed by atoms with Gasteiger partial charge in [-0.25, -0.2) is 8.78 Å². The molecule has 0 radical (unpaired) electrons. The highest BCUT2D eigenvalue weighted by Gasteiger charge is 2.18. The van der Waals surface area contributed by atoms with E-state index in [0.717, 1.165) is 12.5 Å². The van der Waals surface area contributed by atoms with E-state index in [0.29, 0.717) is 17.9 Å². The molecule has 18 heavy (non-hydrogen) atoms. The van der Waals surface area contributed by atoms with Crippen LogP contribution in [0.2, 0.25) is 0 Å². The van der Waals surface area contributed by atoms with E-state index in [9.17, 15) is 13.6 Å². The van der Waals surface area contributed by atoms with Crippen molar-refractivity contribution in [3.63, 3.8) is 0 Å². The van der Waals surface area contributed by atoms with Crippen molar-refractivity contribution in [2.24, 2.45) is 5.92 Å². The number of benzene rings is 1. The highest BCUT2D eigenvalue weighted by atomic mass is 19.2. The smallest absolute Gasteiger partial charge is 0.220 e. The van der Waals surface area contributed by atoms with Crippen molar-refractivity contribution in [3.05, 3.63) is 35.4 Å². The molecule has 0 aliphatic heterocycles. The molecule has 0 aliphatic rings. The SMILES string of the molecule is CNC(=O)CC(CC(C)C)c1ccc(F)c(F)c1. The summed E-state index contributed by atoms with van der Waals surface area (Å²) in [5, 5.41) is 2.56. The first-order valence-electron chi connectivity index (χ1n) is 6.09. The molecule has 1 aromatic carbocycles. The van der Waals surface area contributed by atoms with Crippen molar-refractivity contribution in [2.45, 2.75) is 32.6 Å². The molecule has 0 bridgehead atoms. The molecular formula is C14H19F2NO. The second kappa shape index (κ2) is 6.47. The van der Waals surface area contributed by atoms with Crippen LogP contribution in [0, 0.1) is 17.6 Å². The average Bonchev–Trinajstić information content (AvgIpc) is 2.31. The number of halogens is 2. The van der Waals surface area contributed by atoms with Gasteiger partial charge in [-0.1, -0.05) is 19.9 Å². The van der Waals surface area contributed by atoms with E-state index >= 15 is 0 Å². The van der Waals surface area contributed by atoms with Crippen LogP contribution in [0.1, 0.15) is 38.2 Å². The third-order valence-corrected chi connectivity index (χ3v) is 2.88. The van der Waals surface area contributed by atoms with Gasteiger partial charge in [-0.05, 0) is 36.0 Å². The van der Waals surface area contributed by atoms with Gasteiger partial charge in [0, 0.05) is 13.5 Å². The number of hydrogen-bond donors (Lipinski definition) is 1. The highest BCUT2D eigenvalue weighted by molar-refractivity contribution is 5.76. The molecule has 1 rings (SSSR count). The predicted molar refractivity (Wildman–Crippen MR) is 67.2 cm³/mol. The Bertz CT molecular complexity index is 418. The van der Waals surface area contributed by atoms with Gasteiger partial charge in [0.1, 0.15) is 0 Å². The van der Waals surface area contributed by atoms with Gasteiger partial charge in [0.15, 0.2) is 11.6 Å². The second-order valence-electron chi connectivity index (χ2n) is 4.88. The molecule has 0 aliphatic carbocycles. The van der Waals surface area contributed by atoms with E-state index in [1.165, 1.54) is 6.07 Å². The second-order valence-corrected chi connectivity index (χ2v) is 4.88. The van der Waals surface area contributed by atoms with Crippen LogP contribution in [0.5, 0.6) is 0 Å². The largest absolute Gasteiger partial charge is 0.359 e. The predicted octanol–water partition coefficient (Wildman–Crippen LogP) is 3.23. The average molecular weight is 255 g/mol. The Hall–Kier alpha value is -1.45. The number of hydrogen-bond acceptors (Lipinski definition) is 1. The fraction of sp³-hybridized carbons (Fsp3) is 0.500. The van der Waals surface area contributed by atoms with Crippen LogP contribution in [-0.4, -0.2) is 13.0 Å². The molecule has 0 saturated heterocycles. The molecule has 1 aromatic rings. The zero-order valence-corrected chi connectivity index (χ0v) is 11.0. The molecule has 4 heteroatoms. The summed E-state index contributed by atoms with van der Waals surface area (Å²) in [6, 6.07) is 3.85.